The van der Waals surface area contributed by atoms with Crippen LogP contribution in [0.15, 0.2) is 18.2 Å². The molecule has 0 fully saturated rings. The van der Waals surface area contributed by atoms with Gasteiger partial charge in [-0.05, 0) is 51.3 Å². The monoisotopic (exact) mass is 266 g/mol. The molecule has 4 heteroatoms. The Balaban J connectivity index is 2.15. The fourth-order valence-corrected chi connectivity index (χ4v) is 2.98. The van der Waals surface area contributed by atoms with E-state index in [0.29, 0.717) is 0 Å². The first kappa shape index (κ1) is 13.7. The zero-order chi connectivity index (χ0) is 13.3. The second-order valence-corrected chi connectivity index (χ2v) is 7.77. The highest BCUT2D eigenvalue weighted by Gasteiger charge is 2.29. The van der Waals surface area contributed by atoms with E-state index in [0.717, 1.165) is 13.0 Å². The first-order chi connectivity index (χ1) is 8.39. The normalized spacial score (nSPS) is 18.1. The van der Waals surface area contributed by atoms with Gasteiger partial charge in [-0.1, -0.05) is 12.1 Å². The van der Waals surface area contributed by atoms with Crippen LogP contribution in [0.25, 0.3) is 0 Å². The van der Waals surface area contributed by atoms with Gasteiger partial charge in [-0.25, -0.2) is 0 Å². The number of benzene rings is 1. The maximum absolute atomic E-state index is 12.1. The van der Waals surface area contributed by atoms with Gasteiger partial charge in [0.05, 0.1) is 6.04 Å². The Morgan fingerprint density at radius 1 is 1.39 bits per heavy atom. The average Bonchev–Trinajstić information content (AvgIpc) is 2.74. The van der Waals surface area contributed by atoms with Gasteiger partial charge in [0, 0.05) is 23.6 Å². The van der Waals surface area contributed by atoms with Crippen molar-refractivity contribution in [1.29, 1.82) is 0 Å². The largest absolute Gasteiger partial charge is 0.598 e. The molecule has 2 unspecified atom stereocenters. The van der Waals surface area contributed by atoms with Crippen molar-refractivity contribution < 1.29 is 4.55 Å². The Morgan fingerprint density at radius 2 is 2.11 bits per heavy atom. The van der Waals surface area contributed by atoms with E-state index < -0.39 is 11.4 Å². The summed E-state index contributed by atoms with van der Waals surface area (Å²) in [5.74, 6) is 0. The molecule has 0 spiro atoms. The number of nitrogens with one attached hydrogen (secondary N) is 2. The first-order valence-electron chi connectivity index (χ1n) is 6.43. The van der Waals surface area contributed by atoms with Crippen molar-refractivity contribution in [2.75, 3.05) is 11.9 Å². The maximum atomic E-state index is 12.1. The summed E-state index contributed by atoms with van der Waals surface area (Å²) in [4.78, 5) is 0. The van der Waals surface area contributed by atoms with Crippen LogP contribution < -0.4 is 10.0 Å². The van der Waals surface area contributed by atoms with E-state index in [1.807, 2.05) is 20.8 Å². The topological polar surface area (TPSA) is 47.1 Å². The second kappa shape index (κ2) is 5.11. The van der Waals surface area contributed by atoms with Crippen molar-refractivity contribution in [2.24, 2.45) is 0 Å². The van der Waals surface area contributed by atoms with E-state index in [-0.39, 0.29) is 10.8 Å². The lowest BCUT2D eigenvalue weighted by molar-refractivity contribution is 0.531. The minimum atomic E-state index is -1.03. The summed E-state index contributed by atoms with van der Waals surface area (Å²) in [6, 6.07) is 6.41. The molecule has 1 aliphatic heterocycles. The molecule has 1 heterocycles. The van der Waals surface area contributed by atoms with Gasteiger partial charge < -0.3 is 9.87 Å². The molecule has 0 bridgehead atoms. The molecule has 0 aromatic heterocycles. The molecule has 0 radical (unpaired) electrons. The molecule has 0 aliphatic carbocycles. The van der Waals surface area contributed by atoms with E-state index >= 15 is 0 Å². The molecule has 2 N–H and O–H groups in total. The lowest BCUT2D eigenvalue weighted by Crippen LogP contribution is -2.40. The van der Waals surface area contributed by atoms with Crippen LogP contribution in [0.5, 0.6) is 0 Å². The van der Waals surface area contributed by atoms with Crippen LogP contribution in [0.3, 0.4) is 0 Å². The van der Waals surface area contributed by atoms with E-state index in [1.165, 1.54) is 16.8 Å². The molecular weight excluding hydrogens is 244 g/mol. The van der Waals surface area contributed by atoms with Gasteiger partial charge >= 0.3 is 0 Å². The quantitative estimate of drug-likeness (QED) is 0.827. The Kier molecular flexibility index (Phi) is 3.90. The highest BCUT2D eigenvalue weighted by molar-refractivity contribution is 7.90. The zero-order valence-electron chi connectivity index (χ0n) is 11.5. The summed E-state index contributed by atoms with van der Waals surface area (Å²) in [5.41, 5.74) is 3.85. The minimum absolute atomic E-state index is 0.111. The van der Waals surface area contributed by atoms with Crippen LogP contribution in [0.4, 0.5) is 5.69 Å². The van der Waals surface area contributed by atoms with Crippen molar-refractivity contribution in [3.63, 3.8) is 0 Å². The molecule has 100 valence electrons. The number of rotatable bonds is 3. The summed E-state index contributed by atoms with van der Waals surface area (Å²) in [7, 11) is 0. The smallest absolute Gasteiger partial charge is 0.136 e. The fourth-order valence-electron chi connectivity index (χ4n) is 2.18. The molecule has 0 saturated carbocycles. The third kappa shape index (κ3) is 2.82. The van der Waals surface area contributed by atoms with Crippen molar-refractivity contribution >= 4 is 17.0 Å². The zero-order valence-corrected chi connectivity index (χ0v) is 12.4. The van der Waals surface area contributed by atoms with Gasteiger partial charge in [0.15, 0.2) is 0 Å². The summed E-state index contributed by atoms with van der Waals surface area (Å²) < 4.78 is 15.1. The minimum Gasteiger partial charge on any atom is -0.598 e. The van der Waals surface area contributed by atoms with Crippen molar-refractivity contribution in [3.05, 3.63) is 29.3 Å². The maximum Gasteiger partial charge on any atom is 0.136 e. The molecule has 1 aromatic carbocycles. The number of hydrogen-bond acceptors (Lipinski definition) is 3. The van der Waals surface area contributed by atoms with Crippen LogP contribution in [-0.2, 0) is 17.8 Å². The highest BCUT2D eigenvalue weighted by Crippen LogP contribution is 2.30. The number of hydrogen-bond donors (Lipinski definition) is 2. The van der Waals surface area contributed by atoms with Gasteiger partial charge in [0.1, 0.15) is 4.75 Å². The molecule has 2 atom stereocenters. The standard InChI is InChI=1S/C14H22N2OS/c1-10(16-18(17)14(2,3)4)11-6-5-7-13-12(11)8-9-15-13/h5-7,10,15-16H,8-9H2,1-4H3. The number of anilines is 1. The second-order valence-electron chi connectivity index (χ2n) is 5.77. The fraction of sp³-hybridized carbons (Fsp3) is 0.571. The average molecular weight is 266 g/mol. The van der Waals surface area contributed by atoms with Gasteiger partial charge in [0.2, 0.25) is 0 Å². The molecule has 1 aliphatic rings. The van der Waals surface area contributed by atoms with E-state index in [1.54, 1.807) is 0 Å². The molecule has 18 heavy (non-hydrogen) atoms. The predicted octanol–water partition coefficient (Wildman–Crippen LogP) is 2.77. The molecule has 3 nitrogen and oxygen atoms in total. The van der Waals surface area contributed by atoms with E-state index in [9.17, 15) is 4.55 Å². The molecule has 0 saturated heterocycles. The van der Waals surface area contributed by atoms with Crippen molar-refractivity contribution in [2.45, 2.75) is 44.9 Å². The van der Waals surface area contributed by atoms with Crippen LogP contribution in [0.1, 0.15) is 44.9 Å². The number of fused-ring (bicyclic) bond motifs is 1. The highest BCUT2D eigenvalue weighted by atomic mass is 32.2. The van der Waals surface area contributed by atoms with Crippen LogP contribution >= 0.6 is 0 Å². The molecular formula is C14H22N2OS. The van der Waals surface area contributed by atoms with E-state index in [4.69, 9.17) is 0 Å². The third-order valence-electron chi connectivity index (χ3n) is 3.21. The molecule has 0 amide bonds. The summed E-state index contributed by atoms with van der Waals surface area (Å²) in [5, 5.41) is 3.38. The Hall–Kier alpha value is -0.710. The predicted molar refractivity (Wildman–Crippen MR) is 78.1 cm³/mol. The third-order valence-corrected chi connectivity index (χ3v) is 4.89. The van der Waals surface area contributed by atoms with Gasteiger partial charge in [-0.15, -0.1) is 4.72 Å². The summed E-state index contributed by atoms with van der Waals surface area (Å²) in [6.07, 6.45) is 1.06. The Morgan fingerprint density at radius 3 is 2.78 bits per heavy atom. The van der Waals surface area contributed by atoms with Crippen LogP contribution in [0, 0.1) is 0 Å². The van der Waals surface area contributed by atoms with Gasteiger partial charge in [0.25, 0.3) is 0 Å². The SMILES string of the molecule is CC(N[S+]([O-])C(C)(C)C)c1cccc2c1CCN2. The lowest BCUT2D eigenvalue weighted by atomic mass is 10.00. The Labute approximate surface area is 113 Å². The van der Waals surface area contributed by atoms with Gasteiger partial charge in [-0.2, -0.15) is 0 Å². The summed E-state index contributed by atoms with van der Waals surface area (Å²) >= 11 is -1.03. The lowest BCUT2D eigenvalue weighted by Gasteiger charge is -2.27. The van der Waals surface area contributed by atoms with Crippen LogP contribution in [0.2, 0.25) is 0 Å². The Bertz CT molecular complexity index is 428. The molecule has 2 rings (SSSR count). The van der Waals surface area contributed by atoms with Gasteiger partial charge in [-0.3, -0.25) is 0 Å². The summed E-state index contributed by atoms with van der Waals surface area (Å²) in [6.45, 7) is 9.04. The van der Waals surface area contributed by atoms with Crippen molar-refractivity contribution in [1.82, 2.24) is 4.72 Å². The van der Waals surface area contributed by atoms with E-state index in [2.05, 4.69) is 35.2 Å². The molecule has 1 aromatic rings. The van der Waals surface area contributed by atoms with Crippen LogP contribution in [-0.4, -0.2) is 15.8 Å². The van der Waals surface area contributed by atoms with Crippen molar-refractivity contribution in [3.8, 4) is 0 Å². The first-order valence-corrected chi connectivity index (χ1v) is 7.58.